The zero-order chi connectivity index (χ0) is 13.0. The molecule has 0 radical (unpaired) electrons. The molecule has 0 bridgehead atoms. The van der Waals surface area contributed by atoms with E-state index in [1.54, 1.807) is 7.05 Å². The number of pyridine rings is 1. The Labute approximate surface area is 110 Å². The van der Waals surface area contributed by atoms with Crippen LogP contribution in [-0.2, 0) is 0 Å². The first kappa shape index (κ1) is 13.1. The van der Waals surface area contributed by atoms with Gasteiger partial charge in [0.25, 0.3) is 5.91 Å². The van der Waals surface area contributed by atoms with Crippen molar-refractivity contribution < 1.29 is 9.18 Å². The van der Waals surface area contributed by atoms with Gasteiger partial charge in [0.05, 0.1) is 5.56 Å². The number of anilines is 1. The van der Waals surface area contributed by atoms with Crippen LogP contribution in [0.4, 0.5) is 10.2 Å². The van der Waals surface area contributed by atoms with Gasteiger partial charge in [-0.15, -0.1) is 0 Å². The van der Waals surface area contributed by atoms with Crippen molar-refractivity contribution in [2.24, 2.45) is 0 Å². The maximum absolute atomic E-state index is 13.9. The molecule has 0 atom stereocenters. The molecule has 2 N–H and O–H groups in total. The summed E-state index contributed by atoms with van der Waals surface area (Å²) in [5.74, 6) is 1.24. The number of carbonyl (C=O) groups is 1. The van der Waals surface area contributed by atoms with Gasteiger partial charge in [0.1, 0.15) is 0 Å². The number of nitrogens with one attached hydrogen (secondary N) is 2. The summed E-state index contributed by atoms with van der Waals surface area (Å²) >= 11 is 1.89. The van der Waals surface area contributed by atoms with Gasteiger partial charge >= 0.3 is 0 Å². The number of carbonyl (C=O) groups excluding carboxylic acids is 1. The number of amides is 1. The van der Waals surface area contributed by atoms with Crippen LogP contribution in [0.5, 0.6) is 0 Å². The molecule has 1 fully saturated rings. The first-order chi connectivity index (χ1) is 8.72. The summed E-state index contributed by atoms with van der Waals surface area (Å²) in [6, 6.07) is 1.56. The van der Waals surface area contributed by atoms with Gasteiger partial charge in [-0.1, -0.05) is 0 Å². The van der Waals surface area contributed by atoms with E-state index >= 15 is 0 Å². The summed E-state index contributed by atoms with van der Waals surface area (Å²) in [6.45, 7) is 0. The van der Waals surface area contributed by atoms with Crippen LogP contribution in [0, 0.1) is 5.82 Å². The highest BCUT2D eigenvalue weighted by Gasteiger charge is 2.20. The van der Waals surface area contributed by atoms with Crippen LogP contribution in [-0.4, -0.2) is 35.5 Å². The van der Waals surface area contributed by atoms with E-state index in [2.05, 4.69) is 15.6 Å². The molecule has 0 aromatic carbocycles. The topological polar surface area (TPSA) is 54.0 Å². The second-order valence-electron chi connectivity index (χ2n) is 4.13. The van der Waals surface area contributed by atoms with Gasteiger partial charge in [0.15, 0.2) is 11.6 Å². The number of rotatable bonds is 3. The van der Waals surface area contributed by atoms with Crippen molar-refractivity contribution in [3.8, 4) is 0 Å². The summed E-state index contributed by atoms with van der Waals surface area (Å²) in [7, 11) is 1.57. The van der Waals surface area contributed by atoms with Gasteiger partial charge in [-0.25, -0.2) is 9.37 Å². The van der Waals surface area contributed by atoms with E-state index < -0.39 is 5.82 Å². The average molecular weight is 269 g/mol. The van der Waals surface area contributed by atoms with Gasteiger partial charge in [0.2, 0.25) is 0 Å². The van der Waals surface area contributed by atoms with Crippen molar-refractivity contribution in [3.05, 3.63) is 23.6 Å². The van der Waals surface area contributed by atoms with E-state index in [0.717, 1.165) is 24.3 Å². The molecule has 1 aromatic heterocycles. The molecule has 98 valence electrons. The minimum Gasteiger partial charge on any atom is -0.371 e. The predicted octanol–water partition coefficient (Wildman–Crippen LogP) is 1.89. The number of nitrogens with zero attached hydrogens (tertiary/aromatic N) is 1. The Morgan fingerprint density at radius 1 is 1.50 bits per heavy atom. The van der Waals surface area contributed by atoms with Crippen molar-refractivity contribution in [1.29, 1.82) is 0 Å². The largest absolute Gasteiger partial charge is 0.371 e. The third-order valence-corrected chi connectivity index (χ3v) is 3.98. The molecule has 18 heavy (non-hydrogen) atoms. The molecule has 6 heteroatoms. The number of halogens is 1. The fraction of sp³-hybridized carbons (Fsp3) is 0.500. The molecule has 2 heterocycles. The third-order valence-electron chi connectivity index (χ3n) is 2.93. The lowest BCUT2D eigenvalue weighted by molar-refractivity contribution is 0.0930. The Kier molecular flexibility index (Phi) is 4.41. The Morgan fingerprint density at radius 2 is 2.22 bits per heavy atom. The van der Waals surface area contributed by atoms with Crippen molar-refractivity contribution >= 4 is 23.5 Å². The van der Waals surface area contributed by atoms with E-state index in [9.17, 15) is 9.18 Å². The Hall–Kier alpha value is -1.30. The first-order valence-corrected chi connectivity index (χ1v) is 7.08. The van der Waals surface area contributed by atoms with Crippen LogP contribution in [0.25, 0.3) is 0 Å². The maximum atomic E-state index is 13.9. The minimum absolute atomic E-state index is 0.0487. The van der Waals surface area contributed by atoms with Gasteiger partial charge in [-0.3, -0.25) is 4.79 Å². The van der Waals surface area contributed by atoms with E-state index in [4.69, 9.17) is 0 Å². The Morgan fingerprint density at radius 3 is 2.89 bits per heavy atom. The molecule has 1 amide bonds. The van der Waals surface area contributed by atoms with Crippen molar-refractivity contribution in [3.63, 3.8) is 0 Å². The van der Waals surface area contributed by atoms with Crippen LogP contribution in [0.3, 0.4) is 0 Å². The Bertz CT molecular complexity index is 435. The van der Waals surface area contributed by atoms with Crippen LogP contribution in [0.15, 0.2) is 12.3 Å². The number of hydrogen-bond acceptors (Lipinski definition) is 4. The lowest BCUT2D eigenvalue weighted by Gasteiger charge is -2.22. The summed E-state index contributed by atoms with van der Waals surface area (Å²) < 4.78 is 13.9. The van der Waals surface area contributed by atoms with Crippen LogP contribution >= 0.6 is 11.8 Å². The highest BCUT2D eigenvalue weighted by atomic mass is 32.2. The SMILES string of the molecule is CNc1nccc(C(=O)NC2CCSCC2)c1F. The van der Waals surface area contributed by atoms with Gasteiger partial charge in [-0.05, 0) is 30.4 Å². The fourth-order valence-corrected chi connectivity index (χ4v) is 3.00. The smallest absolute Gasteiger partial charge is 0.254 e. The highest BCUT2D eigenvalue weighted by molar-refractivity contribution is 7.99. The monoisotopic (exact) mass is 269 g/mol. The van der Waals surface area contributed by atoms with E-state index in [0.29, 0.717) is 0 Å². The second kappa shape index (κ2) is 6.04. The summed E-state index contributed by atoms with van der Waals surface area (Å²) in [6.07, 6.45) is 3.32. The van der Waals surface area contributed by atoms with Gasteiger partial charge in [0, 0.05) is 19.3 Å². The van der Waals surface area contributed by atoms with Crippen molar-refractivity contribution in [2.45, 2.75) is 18.9 Å². The molecule has 0 aliphatic carbocycles. The lowest BCUT2D eigenvalue weighted by Crippen LogP contribution is -2.37. The standard InChI is InChI=1S/C12H16FN3OS/c1-14-11-10(13)9(2-5-15-11)12(17)16-8-3-6-18-7-4-8/h2,5,8H,3-4,6-7H2,1H3,(H,14,15)(H,16,17). The molecule has 0 unspecified atom stereocenters. The zero-order valence-corrected chi connectivity index (χ0v) is 11.0. The summed E-state index contributed by atoms with van der Waals surface area (Å²) in [5.41, 5.74) is 0.0487. The number of aromatic nitrogens is 1. The molecule has 1 aliphatic rings. The molecule has 1 aromatic rings. The van der Waals surface area contributed by atoms with Crippen LogP contribution < -0.4 is 10.6 Å². The lowest BCUT2D eigenvalue weighted by atomic mass is 10.1. The molecule has 4 nitrogen and oxygen atoms in total. The fourth-order valence-electron chi connectivity index (χ4n) is 1.90. The normalized spacial score (nSPS) is 16.3. The summed E-state index contributed by atoms with van der Waals surface area (Å²) in [4.78, 5) is 15.8. The van der Waals surface area contributed by atoms with E-state index in [-0.39, 0.29) is 23.3 Å². The van der Waals surface area contributed by atoms with Crippen LogP contribution in [0.2, 0.25) is 0 Å². The number of thioether (sulfide) groups is 1. The average Bonchev–Trinajstić information content (AvgIpc) is 2.40. The summed E-state index contributed by atoms with van der Waals surface area (Å²) in [5, 5.41) is 5.50. The molecular weight excluding hydrogens is 253 g/mol. The van der Waals surface area contributed by atoms with Gasteiger partial charge in [-0.2, -0.15) is 11.8 Å². The first-order valence-electron chi connectivity index (χ1n) is 5.93. The van der Waals surface area contributed by atoms with Gasteiger partial charge < -0.3 is 10.6 Å². The van der Waals surface area contributed by atoms with E-state index in [1.807, 2.05) is 11.8 Å². The number of hydrogen-bond donors (Lipinski definition) is 2. The molecule has 1 saturated heterocycles. The molecule has 0 saturated carbocycles. The minimum atomic E-state index is -0.595. The molecular formula is C12H16FN3OS. The highest BCUT2D eigenvalue weighted by Crippen LogP contribution is 2.19. The van der Waals surface area contributed by atoms with Crippen molar-refractivity contribution in [2.75, 3.05) is 23.9 Å². The predicted molar refractivity (Wildman–Crippen MR) is 71.6 cm³/mol. The second-order valence-corrected chi connectivity index (χ2v) is 5.36. The van der Waals surface area contributed by atoms with Crippen LogP contribution in [0.1, 0.15) is 23.2 Å². The third kappa shape index (κ3) is 2.93. The van der Waals surface area contributed by atoms with E-state index in [1.165, 1.54) is 12.3 Å². The zero-order valence-electron chi connectivity index (χ0n) is 10.2. The molecule has 2 rings (SSSR count). The molecule has 0 spiro atoms. The Balaban J connectivity index is 2.08. The maximum Gasteiger partial charge on any atom is 0.254 e. The van der Waals surface area contributed by atoms with Crippen molar-refractivity contribution in [1.82, 2.24) is 10.3 Å². The molecule has 1 aliphatic heterocycles. The quantitative estimate of drug-likeness (QED) is 0.880.